The van der Waals surface area contributed by atoms with E-state index in [9.17, 15) is 4.79 Å². The van der Waals surface area contributed by atoms with E-state index < -0.39 is 0 Å². The zero-order chi connectivity index (χ0) is 14.7. The summed E-state index contributed by atoms with van der Waals surface area (Å²) in [6, 6.07) is 7.94. The third kappa shape index (κ3) is 3.31. The van der Waals surface area contributed by atoms with Crippen molar-refractivity contribution in [3.63, 3.8) is 0 Å². The third-order valence-corrected chi connectivity index (χ3v) is 4.54. The third-order valence-electron chi connectivity index (χ3n) is 3.72. The topological polar surface area (TPSA) is 54.0 Å². The summed E-state index contributed by atoms with van der Waals surface area (Å²) in [5, 5.41) is 9.44. The van der Waals surface area contributed by atoms with Crippen LogP contribution in [0.25, 0.3) is 0 Å². The Kier molecular flexibility index (Phi) is 4.31. The van der Waals surface area contributed by atoms with E-state index in [0.29, 0.717) is 6.54 Å². The summed E-state index contributed by atoms with van der Waals surface area (Å²) >= 11 is 1.65. The van der Waals surface area contributed by atoms with Gasteiger partial charge in [-0.2, -0.15) is 0 Å². The van der Waals surface area contributed by atoms with Gasteiger partial charge in [-0.1, -0.05) is 24.3 Å². The average Bonchev–Trinajstić information content (AvgIpc) is 2.92. The first-order chi connectivity index (χ1) is 10.2. The molecule has 1 atom stereocenters. The first-order valence-corrected chi connectivity index (χ1v) is 8.12. The van der Waals surface area contributed by atoms with Crippen molar-refractivity contribution in [2.24, 2.45) is 0 Å². The van der Waals surface area contributed by atoms with E-state index in [1.54, 1.807) is 11.3 Å². The van der Waals surface area contributed by atoms with E-state index in [0.717, 1.165) is 35.7 Å². The van der Waals surface area contributed by atoms with Crippen LogP contribution in [-0.2, 0) is 17.6 Å². The Labute approximate surface area is 128 Å². The van der Waals surface area contributed by atoms with Gasteiger partial charge in [-0.25, -0.2) is 4.98 Å². The number of amides is 1. The van der Waals surface area contributed by atoms with Crippen molar-refractivity contribution >= 4 is 17.2 Å². The Balaban J connectivity index is 1.59. The number of nitrogens with zero attached hydrogens (tertiary/aromatic N) is 1. The first-order valence-electron chi connectivity index (χ1n) is 7.24. The van der Waals surface area contributed by atoms with Crippen molar-refractivity contribution in [2.45, 2.75) is 25.8 Å². The molecule has 2 heterocycles. The van der Waals surface area contributed by atoms with Gasteiger partial charge >= 0.3 is 0 Å². The molecule has 0 saturated heterocycles. The normalized spacial score (nSPS) is 17.3. The van der Waals surface area contributed by atoms with Crippen LogP contribution in [0.5, 0.6) is 0 Å². The van der Waals surface area contributed by atoms with E-state index in [-0.39, 0.29) is 11.9 Å². The summed E-state index contributed by atoms with van der Waals surface area (Å²) < 4.78 is 0. The summed E-state index contributed by atoms with van der Waals surface area (Å²) in [6.07, 6.45) is 1.77. The van der Waals surface area contributed by atoms with Crippen molar-refractivity contribution in [1.29, 1.82) is 0 Å². The second-order valence-electron chi connectivity index (χ2n) is 5.23. The maximum atomic E-state index is 12.4. The van der Waals surface area contributed by atoms with E-state index in [1.165, 1.54) is 5.56 Å². The number of thiazole rings is 1. The number of carbonyl (C=O) groups excluding carboxylic acids is 1. The molecule has 21 heavy (non-hydrogen) atoms. The lowest BCUT2D eigenvalue weighted by molar-refractivity contribution is -0.123. The standard InChI is InChI=1S/C16H19N3OS/c1-11-19-13(10-21-11)7-9-18-16(20)15-14-5-3-2-4-12(14)6-8-17-15/h2-5,10,15,17H,6-9H2,1H3,(H,18,20). The molecule has 0 spiro atoms. The van der Waals surface area contributed by atoms with E-state index in [1.807, 2.05) is 25.1 Å². The highest BCUT2D eigenvalue weighted by Gasteiger charge is 2.25. The quantitative estimate of drug-likeness (QED) is 0.908. The van der Waals surface area contributed by atoms with Crippen molar-refractivity contribution in [1.82, 2.24) is 15.6 Å². The number of nitrogens with one attached hydrogen (secondary N) is 2. The Morgan fingerprint density at radius 3 is 3.14 bits per heavy atom. The maximum absolute atomic E-state index is 12.4. The van der Waals surface area contributed by atoms with Crippen molar-refractivity contribution in [2.75, 3.05) is 13.1 Å². The molecule has 110 valence electrons. The number of rotatable bonds is 4. The second-order valence-corrected chi connectivity index (χ2v) is 6.30. The van der Waals surface area contributed by atoms with Crippen LogP contribution >= 0.6 is 11.3 Å². The molecule has 1 aromatic heterocycles. The van der Waals surface area contributed by atoms with Gasteiger partial charge in [0.1, 0.15) is 6.04 Å². The van der Waals surface area contributed by atoms with Crippen LogP contribution in [0.1, 0.15) is 27.9 Å². The van der Waals surface area contributed by atoms with Crippen molar-refractivity contribution in [3.05, 3.63) is 51.5 Å². The van der Waals surface area contributed by atoms with E-state index in [2.05, 4.69) is 27.1 Å². The molecule has 0 aliphatic carbocycles. The monoisotopic (exact) mass is 301 g/mol. The predicted molar refractivity (Wildman–Crippen MR) is 84.5 cm³/mol. The van der Waals surface area contributed by atoms with Crippen LogP contribution in [0.2, 0.25) is 0 Å². The van der Waals surface area contributed by atoms with Crippen LogP contribution in [0.15, 0.2) is 29.6 Å². The molecule has 0 bridgehead atoms. The van der Waals surface area contributed by atoms with Gasteiger partial charge in [0.25, 0.3) is 0 Å². The lowest BCUT2D eigenvalue weighted by atomic mass is 9.94. The molecule has 0 radical (unpaired) electrons. The zero-order valence-corrected chi connectivity index (χ0v) is 12.9. The number of hydrogen-bond donors (Lipinski definition) is 2. The fraction of sp³-hybridized carbons (Fsp3) is 0.375. The number of hydrogen-bond acceptors (Lipinski definition) is 4. The fourth-order valence-electron chi connectivity index (χ4n) is 2.68. The number of aromatic nitrogens is 1. The molecule has 0 saturated carbocycles. The summed E-state index contributed by atoms with van der Waals surface area (Å²) in [5.41, 5.74) is 3.42. The zero-order valence-electron chi connectivity index (χ0n) is 12.1. The first kappa shape index (κ1) is 14.2. The number of aryl methyl sites for hydroxylation is 1. The Morgan fingerprint density at radius 1 is 1.48 bits per heavy atom. The summed E-state index contributed by atoms with van der Waals surface area (Å²) in [6.45, 7) is 3.47. The minimum Gasteiger partial charge on any atom is -0.354 e. The second kappa shape index (κ2) is 6.37. The molecular weight excluding hydrogens is 282 g/mol. The van der Waals surface area contributed by atoms with Gasteiger partial charge in [0, 0.05) is 24.9 Å². The van der Waals surface area contributed by atoms with E-state index in [4.69, 9.17) is 0 Å². The van der Waals surface area contributed by atoms with Gasteiger partial charge in [0.05, 0.1) is 10.7 Å². The Bertz CT molecular complexity index is 638. The van der Waals surface area contributed by atoms with Gasteiger partial charge in [0.15, 0.2) is 0 Å². The molecule has 2 aromatic rings. The molecular formula is C16H19N3OS. The van der Waals surface area contributed by atoms with E-state index >= 15 is 0 Å². The molecule has 2 N–H and O–H groups in total. The Hall–Kier alpha value is -1.72. The highest BCUT2D eigenvalue weighted by atomic mass is 32.1. The van der Waals surface area contributed by atoms with Gasteiger partial charge in [-0.05, 0) is 24.5 Å². The smallest absolute Gasteiger partial charge is 0.241 e. The van der Waals surface area contributed by atoms with Gasteiger partial charge in [-0.3, -0.25) is 4.79 Å². The van der Waals surface area contributed by atoms with Crippen LogP contribution < -0.4 is 10.6 Å². The van der Waals surface area contributed by atoms with Gasteiger partial charge in [0.2, 0.25) is 5.91 Å². The molecule has 1 aliphatic heterocycles. The summed E-state index contributed by atoms with van der Waals surface area (Å²) in [4.78, 5) is 16.8. The number of fused-ring (bicyclic) bond motifs is 1. The van der Waals surface area contributed by atoms with Crippen LogP contribution in [0, 0.1) is 6.92 Å². The SMILES string of the molecule is Cc1nc(CCNC(=O)C2NCCc3ccccc32)cs1. The lowest BCUT2D eigenvalue weighted by Crippen LogP contribution is -2.42. The van der Waals surface area contributed by atoms with Crippen LogP contribution in [-0.4, -0.2) is 24.0 Å². The lowest BCUT2D eigenvalue weighted by Gasteiger charge is -2.26. The minimum atomic E-state index is -0.230. The highest BCUT2D eigenvalue weighted by molar-refractivity contribution is 7.09. The number of carbonyl (C=O) groups is 1. The average molecular weight is 301 g/mol. The predicted octanol–water partition coefficient (Wildman–Crippen LogP) is 2.00. The van der Waals surface area contributed by atoms with Gasteiger partial charge in [-0.15, -0.1) is 11.3 Å². The molecule has 1 amide bonds. The summed E-state index contributed by atoms with van der Waals surface area (Å²) in [7, 11) is 0. The molecule has 3 rings (SSSR count). The molecule has 0 fully saturated rings. The highest BCUT2D eigenvalue weighted by Crippen LogP contribution is 2.22. The fourth-order valence-corrected chi connectivity index (χ4v) is 3.32. The minimum absolute atomic E-state index is 0.0501. The molecule has 1 aliphatic rings. The van der Waals surface area contributed by atoms with Crippen LogP contribution in [0.3, 0.4) is 0 Å². The van der Waals surface area contributed by atoms with Crippen molar-refractivity contribution < 1.29 is 4.79 Å². The molecule has 5 heteroatoms. The number of benzene rings is 1. The maximum Gasteiger partial charge on any atom is 0.241 e. The van der Waals surface area contributed by atoms with Crippen LogP contribution in [0.4, 0.5) is 0 Å². The molecule has 4 nitrogen and oxygen atoms in total. The van der Waals surface area contributed by atoms with Gasteiger partial charge < -0.3 is 10.6 Å². The molecule has 1 unspecified atom stereocenters. The van der Waals surface area contributed by atoms with Crippen molar-refractivity contribution in [3.8, 4) is 0 Å². The summed E-state index contributed by atoms with van der Waals surface area (Å²) in [5.74, 6) is 0.0501. The Morgan fingerprint density at radius 2 is 2.33 bits per heavy atom. The largest absolute Gasteiger partial charge is 0.354 e. The molecule has 1 aromatic carbocycles.